The van der Waals surface area contributed by atoms with Gasteiger partial charge in [-0.1, -0.05) is 25.1 Å². The number of nitrogens with one attached hydrogen (secondary N) is 1. The van der Waals surface area contributed by atoms with Crippen molar-refractivity contribution in [2.24, 2.45) is 5.92 Å². The third-order valence-corrected chi connectivity index (χ3v) is 6.66. The number of hydrogen-bond donors (Lipinski definition) is 1. The van der Waals surface area contributed by atoms with Crippen molar-refractivity contribution in [2.75, 3.05) is 12.4 Å². The maximum absolute atomic E-state index is 12.9. The van der Waals surface area contributed by atoms with Crippen LogP contribution in [0.5, 0.6) is 5.75 Å². The fourth-order valence-electron chi connectivity index (χ4n) is 4.84. The van der Waals surface area contributed by atoms with Gasteiger partial charge in [0.05, 0.1) is 7.11 Å². The van der Waals surface area contributed by atoms with E-state index in [1.165, 1.54) is 11.1 Å². The summed E-state index contributed by atoms with van der Waals surface area (Å²) in [5.41, 5.74) is 5.13. The lowest BCUT2D eigenvalue weighted by Crippen LogP contribution is -2.40. The molecule has 1 aliphatic heterocycles. The lowest BCUT2D eigenvalue weighted by atomic mass is 9.84. The van der Waals surface area contributed by atoms with Gasteiger partial charge in [-0.2, -0.15) is 0 Å². The van der Waals surface area contributed by atoms with Crippen molar-refractivity contribution in [2.45, 2.75) is 58.5 Å². The van der Waals surface area contributed by atoms with Crippen molar-refractivity contribution >= 4 is 17.5 Å². The summed E-state index contributed by atoms with van der Waals surface area (Å²) in [5.74, 6) is 0.971. The summed E-state index contributed by atoms with van der Waals surface area (Å²) in [6.45, 7) is 4.83. The first-order valence-corrected chi connectivity index (χ1v) is 10.9. The number of anilines is 1. The summed E-state index contributed by atoms with van der Waals surface area (Å²) in [6, 6.07) is 12.0. The number of hydrogen-bond acceptors (Lipinski definition) is 3. The number of benzene rings is 2. The Hall–Kier alpha value is -2.82. The number of ether oxygens (including phenoxy) is 1. The van der Waals surface area contributed by atoms with Gasteiger partial charge in [0.15, 0.2) is 0 Å². The molecule has 2 aromatic rings. The highest BCUT2D eigenvalue weighted by atomic mass is 16.5. The number of methoxy groups -OCH3 is 1. The van der Waals surface area contributed by atoms with Crippen LogP contribution in [0, 0.1) is 12.8 Å². The summed E-state index contributed by atoms with van der Waals surface area (Å²) in [7, 11) is 1.64. The fraction of sp³-hybridized carbons (Fsp3) is 0.440. The van der Waals surface area contributed by atoms with Crippen molar-refractivity contribution in [1.29, 1.82) is 0 Å². The van der Waals surface area contributed by atoms with Crippen LogP contribution >= 0.6 is 0 Å². The number of nitrogens with zero attached hydrogens (tertiary/aromatic N) is 1. The minimum Gasteiger partial charge on any atom is -0.496 e. The summed E-state index contributed by atoms with van der Waals surface area (Å²) < 4.78 is 5.35. The molecular weight excluding hydrogens is 376 g/mol. The van der Waals surface area contributed by atoms with Gasteiger partial charge in [-0.25, -0.2) is 0 Å². The van der Waals surface area contributed by atoms with Gasteiger partial charge in [-0.3, -0.25) is 9.59 Å². The van der Waals surface area contributed by atoms with E-state index in [1.54, 1.807) is 7.11 Å². The topological polar surface area (TPSA) is 58.6 Å². The Morgan fingerprint density at radius 1 is 1.17 bits per heavy atom. The van der Waals surface area contributed by atoms with Crippen LogP contribution in [-0.2, 0) is 17.8 Å². The Balaban J connectivity index is 1.36. The minimum absolute atomic E-state index is 0.0140. The third kappa shape index (κ3) is 3.81. The molecule has 0 unspecified atom stereocenters. The van der Waals surface area contributed by atoms with Crippen LogP contribution in [0.15, 0.2) is 36.4 Å². The number of aryl methyl sites for hydroxylation is 2. The van der Waals surface area contributed by atoms with Crippen molar-refractivity contribution in [3.8, 4) is 5.75 Å². The van der Waals surface area contributed by atoms with Crippen LogP contribution in [0.1, 0.15) is 59.7 Å². The molecule has 0 spiro atoms. The molecule has 5 heteroatoms. The average molecular weight is 407 g/mol. The van der Waals surface area contributed by atoms with E-state index in [2.05, 4.69) is 18.3 Å². The zero-order valence-corrected chi connectivity index (χ0v) is 18.0. The Morgan fingerprint density at radius 2 is 1.93 bits per heavy atom. The molecule has 2 amide bonds. The SMILES string of the molecule is CCc1cccc2c1CN(C1CCC(C(=O)Nc3ccc(C)c(OC)c3)CC1)C2=O. The largest absolute Gasteiger partial charge is 0.496 e. The molecule has 0 atom stereocenters. The summed E-state index contributed by atoms with van der Waals surface area (Å²) in [5, 5.41) is 3.04. The number of fused-ring (bicyclic) bond motifs is 1. The van der Waals surface area contributed by atoms with Gasteiger partial charge in [0, 0.05) is 35.8 Å². The molecule has 0 aromatic heterocycles. The van der Waals surface area contributed by atoms with Gasteiger partial charge in [0.25, 0.3) is 5.91 Å². The predicted molar refractivity (Wildman–Crippen MR) is 118 cm³/mol. The van der Waals surface area contributed by atoms with Gasteiger partial charge >= 0.3 is 0 Å². The second-order valence-electron chi connectivity index (χ2n) is 8.41. The first kappa shape index (κ1) is 20.5. The monoisotopic (exact) mass is 406 g/mol. The van der Waals surface area contributed by atoms with Gasteiger partial charge in [0.2, 0.25) is 5.91 Å². The molecule has 0 saturated heterocycles. The van der Waals surface area contributed by atoms with Crippen molar-refractivity contribution < 1.29 is 14.3 Å². The van der Waals surface area contributed by atoms with E-state index < -0.39 is 0 Å². The average Bonchev–Trinajstić information content (AvgIpc) is 3.11. The molecule has 1 saturated carbocycles. The second-order valence-corrected chi connectivity index (χ2v) is 8.41. The van der Waals surface area contributed by atoms with Crippen molar-refractivity contribution in [1.82, 2.24) is 4.90 Å². The first-order valence-electron chi connectivity index (χ1n) is 10.9. The van der Waals surface area contributed by atoms with Crippen LogP contribution < -0.4 is 10.1 Å². The molecule has 1 fully saturated rings. The zero-order chi connectivity index (χ0) is 21.3. The molecule has 1 aliphatic carbocycles. The van der Waals surface area contributed by atoms with Crippen LogP contribution in [0.3, 0.4) is 0 Å². The van der Waals surface area contributed by atoms with E-state index in [-0.39, 0.29) is 23.8 Å². The molecule has 1 N–H and O–H groups in total. The van der Waals surface area contributed by atoms with E-state index in [0.29, 0.717) is 6.54 Å². The molecule has 5 nitrogen and oxygen atoms in total. The molecule has 4 rings (SSSR count). The Kier molecular flexibility index (Phi) is 5.80. The summed E-state index contributed by atoms with van der Waals surface area (Å²) in [6.07, 6.45) is 4.30. The number of amides is 2. The first-order chi connectivity index (χ1) is 14.5. The van der Waals surface area contributed by atoms with Crippen molar-refractivity contribution in [3.63, 3.8) is 0 Å². The van der Waals surface area contributed by atoms with Gasteiger partial charge < -0.3 is 15.0 Å². The highest BCUT2D eigenvalue weighted by molar-refractivity contribution is 5.99. The lowest BCUT2D eigenvalue weighted by Gasteiger charge is -2.34. The van der Waals surface area contributed by atoms with Gasteiger partial charge in [0.1, 0.15) is 5.75 Å². The normalized spacial score (nSPS) is 20.8. The molecule has 158 valence electrons. The maximum Gasteiger partial charge on any atom is 0.254 e. The van der Waals surface area contributed by atoms with Gasteiger partial charge in [-0.15, -0.1) is 0 Å². The quantitative estimate of drug-likeness (QED) is 0.782. The molecule has 1 heterocycles. The van der Waals surface area contributed by atoms with E-state index in [4.69, 9.17) is 4.74 Å². The van der Waals surface area contributed by atoms with E-state index in [1.807, 2.05) is 42.2 Å². The maximum atomic E-state index is 12.9. The number of carbonyl (C=O) groups excluding carboxylic acids is 2. The minimum atomic E-state index is -0.0140. The lowest BCUT2D eigenvalue weighted by molar-refractivity contribution is -0.121. The van der Waals surface area contributed by atoms with Crippen LogP contribution in [0.2, 0.25) is 0 Å². The van der Waals surface area contributed by atoms with Crippen molar-refractivity contribution in [3.05, 3.63) is 58.7 Å². The molecule has 2 aromatic carbocycles. The second kappa shape index (κ2) is 8.50. The van der Waals surface area contributed by atoms with Crippen LogP contribution in [-0.4, -0.2) is 29.9 Å². The Morgan fingerprint density at radius 3 is 2.63 bits per heavy atom. The molecular formula is C25H30N2O3. The highest BCUT2D eigenvalue weighted by Crippen LogP contribution is 2.35. The van der Waals surface area contributed by atoms with Gasteiger partial charge in [-0.05, 0) is 67.9 Å². The summed E-state index contributed by atoms with van der Waals surface area (Å²) in [4.78, 5) is 27.7. The van der Waals surface area contributed by atoms with Crippen LogP contribution in [0.25, 0.3) is 0 Å². The van der Waals surface area contributed by atoms with E-state index >= 15 is 0 Å². The number of rotatable bonds is 5. The van der Waals surface area contributed by atoms with E-state index in [9.17, 15) is 9.59 Å². The Labute approximate surface area is 178 Å². The predicted octanol–water partition coefficient (Wildman–Crippen LogP) is 4.72. The number of carbonyl (C=O) groups is 2. The molecule has 30 heavy (non-hydrogen) atoms. The fourth-order valence-corrected chi connectivity index (χ4v) is 4.84. The Bertz CT molecular complexity index is 961. The standard InChI is InChI=1S/C25H30N2O3/c1-4-17-6-5-7-21-22(17)15-27(25(21)29)20-12-9-18(10-13-20)24(28)26-19-11-8-16(2)23(14-19)30-3/h5-8,11,14,18,20H,4,9-10,12-13,15H2,1-3H3,(H,26,28). The molecule has 2 aliphatic rings. The smallest absolute Gasteiger partial charge is 0.254 e. The highest BCUT2D eigenvalue weighted by Gasteiger charge is 2.36. The molecule has 0 radical (unpaired) electrons. The van der Waals surface area contributed by atoms with Crippen LogP contribution in [0.4, 0.5) is 5.69 Å². The molecule has 0 bridgehead atoms. The third-order valence-electron chi connectivity index (χ3n) is 6.66. The zero-order valence-electron chi connectivity index (χ0n) is 18.0. The van der Waals surface area contributed by atoms with E-state index in [0.717, 1.165) is 54.7 Å². The summed E-state index contributed by atoms with van der Waals surface area (Å²) >= 11 is 0.